The van der Waals surface area contributed by atoms with Crippen molar-refractivity contribution in [1.29, 1.82) is 0 Å². The molecule has 44 heavy (non-hydrogen) atoms. The van der Waals surface area contributed by atoms with Gasteiger partial charge in [0.1, 0.15) is 5.75 Å². The summed E-state index contributed by atoms with van der Waals surface area (Å²) in [5.74, 6) is 0.338. The van der Waals surface area contributed by atoms with Crippen LogP contribution < -0.4 is 0 Å². The highest BCUT2D eigenvalue weighted by atomic mass is 31.2. The van der Waals surface area contributed by atoms with Crippen LogP contribution in [0.3, 0.4) is 0 Å². The number of rotatable bonds is 22. The summed E-state index contributed by atoms with van der Waals surface area (Å²) >= 11 is 0. The molecule has 0 aliphatic rings. The van der Waals surface area contributed by atoms with Gasteiger partial charge in [-0.05, 0) is 51.2 Å². The number of phenolic OH excluding ortho intramolecular Hbond substituents is 1. The van der Waals surface area contributed by atoms with Crippen LogP contribution in [0.15, 0.2) is 12.1 Å². The summed E-state index contributed by atoms with van der Waals surface area (Å²) in [6.45, 7) is 26.9. The van der Waals surface area contributed by atoms with E-state index >= 15 is 0 Å². The van der Waals surface area contributed by atoms with Crippen molar-refractivity contribution in [3.63, 3.8) is 0 Å². The SMILES string of the molecule is CCCCCCCCC(C)(C)COP(=O)(Cc1cc(C(C)(C)C)c(O)c(C(C)(C)C)c1)OCC(C)(C)CCCCCCCC. The van der Waals surface area contributed by atoms with Gasteiger partial charge in [-0.3, -0.25) is 4.57 Å². The molecule has 0 amide bonds. The maximum absolute atomic E-state index is 14.7. The van der Waals surface area contributed by atoms with E-state index < -0.39 is 7.60 Å². The Morgan fingerprint density at radius 1 is 0.591 bits per heavy atom. The molecule has 0 radical (unpaired) electrons. The van der Waals surface area contributed by atoms with Crippen molar-refractivity contribution in [2.24, 2.45) is 10.8 Å². The molecular formula is C39H73O4P. The molecular weight excluding hydrogens is 563 g/mol. The molecule has 5 heteroatoms. The molecule has 1 rings (SSSR count). The molecule has 0 unspecified atom stereocenters. The minimum atomic E-state index is -3.48. The first-order valence-corrected chi connectivity index (χ1v) is 19.7. The summed E-state index contributed by atoms with van der Waals surface area (Å²) in [4.78, 5) is 0. The number of phenols is 1. The van der Waals surface area contributed by atoms with Crippen molar-refractivity contribution in [1.82, 2.24) is 0 Å². The largest absolute Gasteiger partial charge is 0.507 e. The van der Waals surface area contributed by atoms with Gasteiger partial charge >= 0.3 is 7.60 Å². The van der Waals surface area contributed by atoms with E-state index in [2.05, 4.69) is 83.1 Å². The standard InChI is InChI=1S/C39H73O4P/c1-13-15-17-19-21-23-25-38(9,10)30-42-44(41,43-31-39(11,12)26-24-22-20-18-16-14-2)29-32-27-33(36(3,4)5)35(40)34(28-32)37(6,7)8/h27-28,40H,13-26,29-31H2,1-12H3. The van der Waals surface area contributed by atoms with Gasteiger partial charge in [-0.1, -0.05) is 172 Å². The van der Waals surface area contributed by atoms with Crippen LogP contribution >= 0.6 is 7.60 Å². The predicted octanol–water partition coefficient (Wildman–Crippen LogP) is 13.3. The van der Waals surface area contributed by atoms with E-state index in [1.807, 2.05) is 12.1 Å². The highest BCUT2D eigenvalue weighted by molar-refractivity contribution is 7.53. The highest BCUT2D eigenvalue weighted by Crippen LogP contribution is 2.55. The Bertz CT molecular complexity index is 925. The first kappa shape index (κ1) is 41.2. The van der Waals surface area contributed by atoms with E-state index in [9.17, 15) is 9.67 Å². The maximum Gasteiger partial charge on any atom is 0.335 e. The molecule has 0 atom stereocenters. The minimum absolute atomic E-state index is 0.0835. The Labute approximate surface area is 274 Å². The quantitative estimate of drug-likeness (QED) is 0.102. The van der Waals surface area contributed by atoms with Crippen LogP contribution in [0.5, 0.6) is 5.75 Å². The molecule has 0 saturated heterocycles. The summed E-state index contributed by atoms with van der Waals surface area (Å²) in [7, 11) is -3.48. The first-order chi connectivity index (χ1) is 20.3. The zero-order chi connectivity index (χ0) is 33.7. The summed E-state index contributed by atoms with van der Waals surface area (Å²) < 4.78 is 27.5. The van der Waals surface area contributed by atoms with E-state index in [1.54, 1.807) is 0 Å². The van der Waals surface area contributed by atoms with Gasteiger partial charge in [0.2, 0.25) is 0 Å². The molecule has 0 aromatic heterocycles. The monoisotopic (exact) mass is 637 g/mol. The van der Waals surface area contributed by atoms with Gasteiger partial charge in [0.15, 0.2) is 0 Å². The maximum atomic E-state index is 14.7. The van der Waals surface area contributed by atoms with Crippen LogP contribution in [-0.2, 0) is 30.6 Å². The van der Waals surface area contributed by atoms with Crippen LogP contribution in [0.25, 0.3) is 0 Å². The Balaban J connectivity index is 3.18. The number of aromatic hydroxyl groups is 1. The van der Waals surface area contributed by atoms with Gasteiger partial charge in [0.05, 0.1) is 19.4 Å². The molecule has 1 N–H and O–H groups in total. The van der Waals surface area contributed by atoms with E-state index in [0.29, 0.717) is 19.0 Å². The lowest BCUT2D eigenvalue weighted by atomic mass is 9.78. The molecule has 0 aliphatic carbocycles. The lowest BCUT2D eigenvalue weighted by Gasteiger charge is -2.32. The molecule has 1 aromatic carbocycles. The van der Waals surface area contributed by atoms with Gasteiger partial charge in [-0.2, -0.15) is 0 Å². The van der Waals surface area contributed by atoms with Crippen molar-refractivity contribution in [3.8, 4) is 5.75 Å². The minimum Gasteiger partial charge on any atom is -0.507 e. The predicted molar refractivity (Wildman–Crippen MR) is 192 cm³/mol. The van der Waals surface area contributed by atoms with Crippen molar-refractivity contribution in [2.45, 2.75) is 190 Å². The zero-order valence-electron chi connectivity index (χ0n) is 31.3. The number of unbranched alkanes of at least 4 members (excludes halogenated alkanes) is 10. The molecule has 0 spiro atoms. The molecule has 0 bridgehead atoms. The van der Waals surface area contributed by atoms with Gasteiger partial charge in [-0.25, -0.2) is 0 Å². The third-order valence-electron chi connectivity index (χ3n) is 8.88. The summed E-state index contributed by atoms with van der Waals surface area (Å²) in [5, 5.41) is 11.3. The van der Waals surface area contributed by atoms with Crippen molar-refractivity contribution < 1.29 is 18.7 Å². The Hall–Kier alpha value is -0.830. The molecule has 258 valence electrons. The Kier molecular flexibility index (Phi) is 17.3. The summed E-state index contributed by atoms with van der Waals surface area (Å²) in [5.41, 5.74) is 1.97. The van der Waals surface area contributed by atoms with Crippen LogP contribution in [-0.4, -0.2) is 18.3 Å². The second kappa shape index (κ2) is 18.5. The van der Waals surface area contributed by atoms with Crippen molar-refractivity contribution in [2.75, 3.05) is 13.2 Å². The summed E-state index contributed by atoms with van der Waals surface area (Å²) in [6.07, 6.45) is 17.5. The fourth-order valence-electron chi connectivity index (χ4n) is 5.74. The number of hydrogen-bond acceptors (Lipinski definition) is 4. The van der Waals surface area contributed by atoms with Gasteiger partial charge in [0, 0.05) is 0 Å². The smallest absolute Gasteiger partial charge is 0.335 e. The highest BCUT2D eigenvalue weighted by Gasteiger charge is 2.34. The Morgan fingerprint density at radius 2 is 0.932 bits per heavy atom. The lowest BCUT2D eigenvalue weighted by Crippen LogP contribution is -2.22. The van der Waals surface area contributed by atoms with Crippen LogP contribution in [0, 0.1) is 10.8 Å². The fraction of sp³-hybridized carbons (Fsp3) is 0.846. The molecule has 0 heterocycles. The van der Waals surface area contributed by atoms with Gasteiger partial charge in [0.25, 0.3) is 0 Å². The van der Waals surface area contributed by atoms with E-state index in [-0.39, 0.29) is 27.8 Å². The molecule has 1 aromatic rings. The van der Waals surface area contributed by atoms with E-state index in [0.717, 1.165) is 29.5 Å². The normalized spacial score (nSPS) is 13.5. The molecule has 0 fully saturated rings. The third kappa shape index (κ3) is 16.1. The number of benzene rings is 1. The Morgan fingerprint density at radius 3 is 1.27 bits per heavy atom. The van der Waals surface area contributed by atoms with E-state index in [4.69, 9.17) is 9.05 Å². The molecule has 0 saturated carbocycles. The summed E-state index contributed by atoms with van der Waals surface area (Å²) in [6, 6.07) is 4.04. The average Bonchev–Trinajstić information content (AvgIpc) is 2.90. The zero-order valence-corrected chi connectivity index (χ0v) is 32.2. The second-order valence-electron chi connectivity index (χ2n) is 17.2. The topological polar surface area (TPSA) is 55.8 Å². The molecule has 4 nitrogen and oxygen atoms in total. The molecule has 0 aliphatic heterocycles. The van der Waals surface area contributed by atoms with Gasteiger partial charge in [-0.15, -0.1) is 0 Å². The van der Waals surface area contributed by atoms with Crippen LogP contribution in [0.1, 0.15) is 190 Å². The third-order valence-corrected chi connectivity index (χ3v) is 10.7. The van der Waals surface area contributed by atoms with Crippen LogP contribution in [0.4, 0.5) is 0 Å². The first-order valence-electron chi connectivity index (χ1n) is 18.0. The van der Waals surface area contributed by atoms with Crippen molar-refractivity contribution in [3.05, 3.63) is 28.8 Å². The van der Waals surface area contributed by atoms with E-state index in [1.165, 1.54) is 77.0 Å². The van der Waals surface area contributed by atoms with Crippen molar-refractivity contribution >= 4 is 7.60 Å². The number of hydrogen-bond donors (Lipinski definition) is 1. The lowest BCUT2D eigenvalue weighted by molar-refractivity contribution is 0.102. The average molecular weight is 637 g/mol. The van der Waals surface area contributed by atoms with Gasteiger partial charge < -0.3 is 14.2 Å². The fourth-order valence-corrected chi connectivity index (χ4v) is 7.72. The second-order valence-corrected chi connectivity index (χ2v) is 19.3. The van der Waals surface area contributed by atoms with Crippen LogP contribution in [0.2, 0.25) is 0 Å².